The Bertz CT molecular complexity index is 558. The molecule has 1 aliphatic carbocycles. The second-order valence-corrected chi connectivity index (χ2v) is 7.23. The third-order valence-corrected chi connectivity index (χ3v) is 4.80. The maximum absolute atomic E-state index is 12.0. The van der Waals surface area contributed by atoms with Gasteiger partial charge < -0.3 is 9.47 Å². The molecule has 25 heavy (non-hydrogen) atoms. The predicted octanol–water partition coefficient (Wildman–Crippen LogP) is 4.17. The molecule has 5 heteroatoms. The molecule has 138 valence electrons. The van der Waals surface area contributed by atoms with Crippen LogP contribution in [0.5, 0.6) is 5.75 Å². The first-order chi connectivity index (χ1) is 12.0. The molecule has 1 aromatic rings. The summed E-state index contributed by atoms with van der Waals surface area (Å²) < 4.78 is 11.0. The van der Waals surface area contributed by atoms with E-state index in [0.717, 1.165) is 12.8 Å². The smallest absolute Gasteiger partial charge is 0.414 e. The van der Waals surface area contributed by atoms with E-state index in [-0.39, 0.29) is 25.0 Å². The number of amides is 2. The summed E-state index contributed by atoms with van der Waals surface area (Å²) in [6.07, 6.45) is 2.45. The zero-order valence-electron chi connectivity index (χ0n) is 15.4. The van der Waals surface area contributed by atoms with E-state index in [1.807, 2.05) is 30.3 Å². The molecule has 2 rings (SSSR count). The van der Waals surface area contributed by atoms with Crippen LogP contribution in [0, 0.1) is 17.8 Å². The summed E-state index contributed by atoms with van der Waals surface area (Å²) in [5, 5.41) is 2.31. The van der Waals surface area contributed by atoms with Crippen LogP contribution in [-0.4, -0.2) is 24.7 Å². The van der Waals surface area contributed by atoms with E-state index < -0.39 is 6.09 Å². The number of imide groups is 1. The van der Waals surface area contributed by atoms with E-state index in [1.54, 1.807) is 0 Å². The highest BCUT2D eigenvalue weighted by molar-refractivity contribution is 5.91. The Morgan fingerprint density at radius 1 is 1.20 bits per heavy atom. The van der Waals surface area contributed by atoms with Gasteiger partial charge in [-0.1, -0.05) is 45.4 Å². The molecule has 0 saturated heterocycles. The normalized spacial score (nSPS) is 23.1. The Kier molecular flexibility index (Phi) is 7.29. The van der Waals surface area contributed by atoms with Crippen LogP contribution in [0.3, 0.4) is 0 Å². The van der Waals surface area contributed by atoms with E-state index in [4.69, 9.17) is 9.47 Å². The second-order valence-electron chi connectivity index (χ2n) is 7.23. The highest BCUT2D eigenvalue weighted by atomic mass is 16.6. The summed E-state index contributed by atoms with van der Waals surface area (Å²) in [6, 6.07) is 9.27. The lowest BCUT2D eigenvalue weighted by atomic mass is 9.75. The number of benzene rings is 1. The lowest BCUT2D eigenvalue weighted by Gasteiger charge is -2.36. The molecule has 2 amide bonds. The van der Waals surface area contributed by atoms with Gasteiger partial charge in [-0.25, -0.2) is 4.79 Å². The monoisotopic (exact) mass is 347 g/mol. The van der Waals surface area contributed by atoms with Crippen LogP contribution in [-0.2, 0) is 9.53 Å². The number of carbonyl (C=O) groups excluding carboxylic acids is 2. The summed E-state index contributed by atoms with van der Waals surface area (Å²) in [5.74, 6) is 1.68. The van der Waals surface area contributed by atoms with Crippen molar-refractivity contribution < 1.29 is 19.1 Å². The van der Waals surface area contributed by atoms with Crippen molar-refractivity contribution in [3.05, 3.63) is 30.3 Å². The lowest BCUT2D eigenvalue weighted by Crippen LogP contribution is -2.40. The number of carbonyl (C=O) groups is 2. The average Bonchev–Trinajstić information content (AvgIpc) is 2.55. The van der Waals surface area contributed by atoms with Gasteiger partial charge in [0.05, 0.1) is 13.0 Å². The van der Waals surface area contributed by atoms with Gasteiger partial charge in [0, 0.05) is 0 Å². The summed E-state index contributed by atoms with van der Waals surface area (Å²) in [5.41, 5.74) is 0. The van der Waals surface area contributed by atoms with Crippen molar-refractivity contribution in [3.8, 4) is 5.75 Å². The van der Waals surface area contributed by atoms with Crippen molar-refractivity contribution in [3.63, 3.8) is 0 Å². The molecular weight excluding hydrogens is 318 g/mol. The molecule has 0 spiro atoms. The highest BCUT2D eigenvalue weighted by Gasteiger charge is 2.33. The number of nitrogens with one attached hydrogen (secondary N) is 1. The number of ether oxygens (including phenoxy) is 2. The van der Waals surface area contributed by atoms with Crippen LogP contribution in [0.4, 0.5) is 4.79 Å². The summed E-state index contributed by atoms with van der Waals surface area (Å²) in [4.78, 5) is 23.9. The molecule has 3 atom stereocenters. The third-order valence-electron chi connectivity index (χ3n) is 4.80. The molecule has 0 radical (unpaired) electrons. The van der Waals surface area contributed by atoms with Crippen molar-refractivity contribution in [2.24, 2.45) is 17.8 Å². The fraction of sp³-hybridized carbons (Fsp3) is 0.600. The van der Waals surface area contributed by atoms with Gasteiger partial charge in [0.1, 0.15) is 11.9 Å². The van der Waals surface area contributed by atoms with Crippen LogP contribution in [0.15, 0.2) is 30.3 Å². The first kappa shape index (κ1) is 19.3. The maximum atomic E-state index is 12.0. The van der Waals surface area contributed by atoms with Crippen molar-refractivity contribution in [1.29, 1.82) is 0 Å². The van der Waals surface area contributed by atoms with Crippen LogP contribution in [0.25, 0.3) is 0 Å². The molecule has 1 aromatic carbocycles. The van der Waals surface area contributed by atoms with Crippen LogP contribution in [0.1, 0.15) is 46.5 Å². The van der Waals surface area contributed by atoms with Gasteiger partial charge in [-0.3, -0.25) is 10.1 Å². The Balaban J connectivity index is 1.73. The molecular formula is C20H29NO4. The van der Waals surface area contributed by atoms with E-state index in [9.17, 15) is 9.59 Å². The standard InChI is InChI=1S/C20H29NO4/c1-14(2)17-10-9-15(3)13-18(17)25-20(23)21-19(22)11-12-24-16-7-5-4-6-8-16/h4-8,14-15,17-18H,9-13H2,1-3H3,(H,21,22,23)/t15-,17+,18-/m1/s1. The van der Waals surface area contributed by atoms with E-state index in [1.165, 1.54) is 6.42 Å². The number of hydrogen-bond acceptors (Lipinski definition) is 4. The molecule has 1 N–H and O–H groups in total. The maximum Gasteiger partial charge on any atom is 0.414 e. The Morgan fingerprint density at radius 3 is 2.60 bits per heavy atom. The number of alkyl carbamates (subject to hydrolysis) is 1. The number of hydrogen-bond donors (Lipinski definition) is 1. The second kappa shape index (κ2) is 9.44. The molecule has 0 aromatic heterocycles. The van der Waals surface area contributed by atoms with E-state index in [0.29, 0.717) is 23.5 Å². The van der Waals surface area contributed by atoms with Gasteiger partial charge in [-0.05, 0) is 42.7 Å². The topological polar surface area (TPSA) is 64.6 Å². The zero-order valence-corrected chi connectivity index (χ0v) is 15.4. The van der Waals surface area contributed by atoms with E-state index >= 15 is 0 Å². The Labute approximate surface area is 150 Å². The van der Waals surface area contributed by atoms with Gasteiger partial charge in [0.2, 0.25) is 5.91 Å². The molecule has 0 aliphatic heterocycles. The molecule has 0 unspecified atom stereocenters. The minimum atomic E-state index is -0.644. The molecule has 1 fully saturated rings. The summed E-state index contributed by atoms with van der Waals surface area (Å²) in [6.45, 7) is 6.71. The minimum Gasteiger partial charge on any atom is -0.493 e. The van der Waals surface area contributed by atoms with E-state index in [2.05, 4.69) is 26.1 Å². The zero-order chi connectivity index (χ0) is 18.2. The van der Waals surface area contributed by atoms with Crippen LogP contribution < -0.4 is 10.1 Å². The quantitative estimate of drug-likeness (QED) is 0.839. The highest BCUT2D eigenvalue weighted by Crippen LogP contribution is 2.35. The van der Waals surface area contributed by atoms with Crippen LogP contribution >= 0.6 is 0 Å². The van der Waals surface area contributed by atoms with Gasteiger partial charge in [-0.15, -0.1) is 0 Å². The van der Waals surface area contributed by atoms with Gasteiger partial charge in [-0.2, -0.15) is 0 Å². The third kappa shape index (κ3) is 6.40. The van der Waals surface area contributed by atoms with Crippen LogP contribution in [0.2, 0.25) is 0 Å². The first-order valence-corrected chi connectivity index (χ1v) is 9.14. The predicted molar refractivity (Wildman–Crippen MR) is 96.3 cm³/mol. The summed E-state index contributed by atoms with van der Waals surface area (Å²) in [7, 11) is 0. The summed E-state index contributed by atoms with van der Waals surface area (Å²) >= 11 is 0. The molecule has 5 nitrogen and oxygen atoms in total. The van der Waals surface area contributed by atoms with Crippen molar-refractivity contribution in [2.45, 2.75) is 52.6 Å². The average molecular weight is 347 g/mol. The van der Waals surface area contributed by atoms with Crippen molar-refractivity contribution >= 4 is 12.0 Å². The lowest BCUT2D eigenvalue weighted by molar-refractivity contribution is -0.121. The Hall–Kier alpha value is -2.04. The molecule has 1 aliphatic rings. The van der Waals surface area contributed by atoms with Gasteiger partial charge in [0.15, 0.2) is 0 Å². The number of rotatable bonds is 6. The Morgan fingerprint density at radius 2 is 1.92 bits per heavy atom. The molecule has 0 heterocycles. The van der Waals surface area contributed by atoms with Gasteiger partial charge >= 0.3 is 6.09 Å². The first-order valence-electron chi connectivity index (χ1n) is 9.14. The molecule has 0 bridgehead atoms. The van der Waals surface area contributed by atoms with Gasteiger partial charge in [0.25, 0.3) is 0 Å². The molecule has 1 saturated carbocycles. The number of para-hydroxylation sites is 1. The van der Waals surface area contributed by atoms with Crippen molar-refractivity contribution in [2.75, 3.05) is 6.61 Å². The fourth-order valence-corrected chi connectivity index (χ4v) is 3.37. The fourth-order valence-electron chi connectivity index (χ4n) is 3.37. The largest absolute Gasteiger partial charge is 0.493 e. The minimum absolute atomic E-state index is 0.110. The van der Waals surface area contributed by atoms with Crippen molar-refractivity contribution in [1.82, 2.24) is 5.32 Å². The SMILES string of the molecule is CC(C)[C@@H]1CC[C@@H](C)C[C@H]1OC(=O)NC(=O)CCOc1ccccc1.